The quantitative estimate of drug-likeness (QED) is 0.696. The molecule has 0 bridgehead atoms. The molecule has 148 valence electrons. The maximum atomic E-state index is 12.4. The Morgan fingerprint density at radius 2 is 1.96 bits per heavy atom. The van der Waals surface area contributed by atoms with Crippen LogP contribution in [0.2, 0.25) is 0 Å². The first-order valence-corrected chi connectivity index (χ1v) is 9.40. The Morgan fingerprint density at radius 3 is 2.67 bits per heavy atom. The largest absolute Gasteiger partial charge is 0.496 e. The summed E-state index contributed by atoms with van der Waals surface area (Å²) in [5.74, 6) is 0.729. The summed E-state index contributed by atoms with van der Waals surface area (Å²) in [5.41, 5.74) is 6.71. The maximum absolute atomic E-state index is 12.4. The number of aliphatic hydroxyl groups excluding tert-OH is 1. The van der Waals surface area contributed by atoms with E-state index < -0.39 is 18.1 Å². The fourth-order valence-electron chi connectivity index (χ4n) is 3.86. The molecule has 1 amide bonds. The van der Waals surface area contributed by atoms with Crippen molar-refractivity contribution >= 4 is 34.8 Å². The van der Waals surface area contributed by atoms with Gasteiger partial charge in [0.2, 0.25) is 0 Å². The van der Waals surface area contributed by atoms with Crippen molar-refractivity contribution in [3.8, 4) is 5.75 Å². The van der Waals surface area contributed by atoms with Gasteiger partial charge in [0.05, 0.1) is 7.11 Å². The topological polar surface area (TPSA) is 84.6 Å². The summed E-state index contributed by atoms with van der Waals surface area (Å²) in [6, 6.07) is 10.9. The van der Waals surface area contributed by atoms with Crippen LogP contribution in [0.4, 0.5) is 5.69 Å². The SMILES string of the molecule is COc1cc(NC(=O)C(O)[C@H](N)CC2CCCCC2)cc2ccccc12.Cl. The molecular weight excluding hydrogens is 364 g/mol. The van der Waals surface area contributed by atoms with E-state index in [1.165, 1.54) is 19.3 Å². The molecule has 0 radical (unpaired) electrons. The third-order valence-electron chi connectivity index (χ3n) is 5.32. The van der Waals surface area contributed by atoms with Crippen molar-refractivity contribution in [3.63, 3.8) is 0 Å². The molecule has 1 aliphatic rings. The molecule has 0 spiro atoms. The van der Waals surface area contributed by atoms with E-state index in [0.29, 0.717) is 23.8 Å². The predicted octanol–water partition coefficient (Wildman–Crippen LogP) is 3.87. The second-order valence-electron chi connectivity index (χ2n) is 7.24. The number of amides is 1. The van der Waals surface area contributed by atoms with Crippen molar-refractivity contribution in [1.29, 1.82) is 0 Å². The van der Waals surface area contributed by atoms with Gasteiger partial charge in [0.25, 0.3) is 5.91 Å². The van der Waals surface area contributed by atoms with Crippen molar-refractivity contribution in [1.82, 2.24) is 0 Å². The van der Waals surface area contributed by atoms with Crippen molar-refractivity contribution in [3.05, 3.63) is 36.4 Å². The van der Waals surface area contributed by atoms with E-state index in [-0.39, 0.29) is 12.4 Å². The van der Waals surface area contributed by atoms with Crippen molar-refractivity contribution in [2.75, 3.05) is 12.4 Å². The fraction of sp³-hybridized carbons (Fsp3) is 0.476. The number of fused-ring (bicyclic) bond motifs is 1. The zero-order valence-electron chi connectivity index (χ0n) is 15.7. The maximum Gasteiger partial charge on any atom is 0.254 e. The van der Waals surface area contributed by atoms with Gasteiger partial charge < -0.3 is 20.9 Å². The van der Waals surface area contributed by atoms with Gasteiger partial charge in [-0.25, -0.2) is 0 Å². The molecule has 1 aliphatic carbocycles. The Balaban J connectivity index is 0.00000261. The number of nitrogens with one attached hydrogen (secondary N) is 1. The Kier molecular flexibility index (Phi) is 7.90. The van der Waals surface area contributed by atoms with E-state index in [1.54, 1.807) is 13.2 Å². The van der Waals surface area contributed by atoms with Gasteiger partial charge in [-0.05, 0) is 23.8 Å². The molecule has 0 heterocycles. The van der Waals surface area contributed by atoms with E-state index in [9.17, 15) is 9.90 Å². The van der Waals surface area contributed by atoms with Crippen LogP contribution in [0.1, 0.15) is 38.5 Å². The Hall–Kier alpha value is -1.82. The highest BCUT2D eigenvalue weighted by Gasteiger charge is 2.26. The highest BCUT2D eigenvalue weighted by atomic mass is 35.5. The van der Waals surface area contributed by atoms with Gasteiger partial charge in [-0.2, -0.15) is 0 Å². The van der Waals surface area contributed by atoms with Crippen molar-refractivity contribution < 1.29 is 14.6 Å². The van der Waals surface area contributed by atoms with E-state index in [4.69, 9.17) is 10.5 Å². The summed E-state index contributed by atoms with van der Waals surface area (Å²) in [6.45, 7) is 0. The lowest BCUT2D eigenvalue weighted by atomic mass is 9.84. The lowest BCUT2D eigenvalue weighted by Gasteiger charge is -2.26. The number of hydrogen-bond donors (Lipinski definition) is 3. The summed E-state index contributed by atoms with van der Waals surface area (Å²) >= 11 is 0. The lowest BCUT2D eigenvalue weighted by molar-refractivity contribution is -0.125. The predicted molar refractivity (Wildman–Crippen MR) is 112 cm³/mol. The fourth-order valence-corrected chi connectivity index (χ4v) is 3.86. The van der Waals surface area contributed by atoms with Crippen LogP contribution >= 0.6 is 12.4 Å². The number of rotatable bonds is 6. The first-order valence-electron chi connectivity index (χ1n) is 9.40. The van der Waals surface area contributed by atoms with Crippen molar-refractivity contribution in [2.45, 2.75) is 50.7 Å². The molecule has 5 nitrogen and oxygen atoms in total. The van der Waals surface area contributed by atoms with Gasteiger partial charge in [0.1, 0.15) is 11.9 Å². The molecule has 4 N–H and O–H groups in total. The van der Waals surface area contributed by atoms with Gasteiger partial charge in [-0.1, -0.05) is 56.4 Å². The first kappa shape index (κ1) is 21.5. The molecule has 1 fully saturated rings. The summed E-state index contributed by atoms with van der Waals surface area (Å²) in [6.07, 6.45) is 5.48. The summed E-state index contributed by atoms with van der Waals surface area (Å²) in [5, 5.41) is 15.1. The molecule has 2 aromatic carbocycles. The third-order valence-corrected chi connectivity index (χ3v) is 5.32. The Labute approximate surface area is 166 Å². The molecular formula is C21H29ClN2O3. The number of anilines is 1. The summed E-state index contributed by atoms with van der Waals surface area (Å²) in [7, 11) is 1.60. The minimum Gasteiger partial charge on any atom is -0.496 e. The van der Waals surface area contributed by atoms with Crippen molar-refractivity contribution in [2.24, 2.45) is 11.7 Å². The van der Waals surface area contributed by atoms with E-state index in [1.807, 2.05) is 30.3 Å². The normalized spacial score (nSPS) is 17.0. The van der Waals surface area contributed by atoms with Gasteiger partial charge in [0.15, 0.2) is 0 Å². The number of benzene rings is 2. The van der Waals surface area contributed by atoms with E-state index in [2.05, 4.69) is 5.32 Å². The highest BCUT2D eigenvalue weighted by Crippen LogP contribution is 2.30. The number of hydrogen-bond acceptors (Lipinski definition) is 4. The van der Waals surface area contributed by atoms with Crippen LogP contribution < -0.4 is 15.8 Å². The summed E-state index contributed by atoms with van der Waals surface area (Å²) < 4.78 is 5.42. The molecule has 3 rings (SSSR count). The number of halogens is 1. The third kappa shape index (κ3) is 5.34. The molecule has 0 saturated heterocycles. The zero-order chi connectivity index (χ0) is 18.5. The van der Waals surface area contributed by atoms with Crippen LogP contribution in [0.25, 0.3) is 10.8 Å². The second-order valence-corrected chi connectivity index (χ2v) is 7.24. The first-order chi connectivity index (χ1) is 12.6. The molecule has 1 saturated carbocycles. The van der Waals surface area contributed by atoms with Crippen LogP contribution in [-0.4, -0.2) is 30.3 Å². The van der Waals surface area contributed by atoms with E-state index >= 15 is 0 Å². The van der Waals surface area contributed by atoms with Crippen LogP contribution in [0.3, 0.4) is 0 Å². The number of methoxy groups -OCH3 is 1. The average molecular weight is 393 g/mol. The summed E-state index contributed by atoms with van der Waals surface area (Å²) in [4.78, 5) is 12.4. The van der Waals surface area contributed by atoms with Crippen LogP contribution in [0, 0.1) is 5.92 Å². The van der Waals surface area contributed by atoms with Gasteiger partial charge >= 0.3 is 0 Å². The Morgan fingerprint density at radius 1 is 1.26 bits per heavy atom. The molecule has 27 heavy (non-hydrogen) atoms. The molecule has 2 atom stereocenters. The highest BCUT2D eigenvalue weighted by molar-refractivity contribution is 5.98. The zero-order valence-corrected chi connectivity index (χ0v) is 16.5. The molecule has 2 aromatic rings. The van der Waals surface area contributed by atoms with Gasteiger partial charge in [-0.3, -0.25) is 4.79 Å². The Bertz CT molecular complexity index is 762. The second kappa shape index (κ2) is 9.93. The van der Waals surface area contributed by atoms with Crippen LogP contribution in [0.5, 0.6) is 5.75 Å². The minimum atomic E-state index is -1.21. The van der Waals surface area contributed by atoms with Crippen LogP contribution in [0.15, 0.2) is 36.4 Å². The van der Waals surface area contributed by atoms with E-state index in [0.717, 1.165) is 23.6 Å². The molecule has 1 unspecified atom stereocenters. The average Bonchev–Trinajstić information content (AvgIpc) is 2.67. The number of carbonyl (C=O) groups is 1. The molecule has 0 aliphatic heterocycles. The lowest BCUT2D eigenvalue weighted by Crippen LogP contribution is -2.44. The number of nitrogens with two attached hydrogens (primary N) is 1. The van der Waals surface area contributed by atoms with Gasteiger partial charge in [-0.15, -0.1) is 12.4 Å². The standard InChI is InChI=1S/C21H28N2O3.ClH/c1-26-19-13-16(12-15-9-5-6-10-17(15)19)23-21(25)20(24)18(22)11-14-7-3-2-4-8-14;/h5-6,9-10,12-14,18,20,24H,2-4,7-8,11,22H2,1H3,(H,23,25);1H/t18-,20?;/m1./s1. The number of carbonyl (C=O) groups excluding carboxylic acids is 1. The smallest absolute Gasteiger partial charge is 0.254 e. The monoisotopic (exact) mass is 392 g/mol. The van der Waals surface area contributed by atoms with Gasteiger partial charge in [0, 0.05) is 23.2 Å². The molecule has 6 heteroatoms. The molecule has 0 aromatic heterocycles. The number of aliphatic hydroxyl groups is 1. The minimum absolute atomic E-state index is 0. The van der Waals surface area contributed by atoms with Crippen LogP contribution in [-0.2, 0) is 4.79 Å². The number of ether oxygens (including phenoxy) is 1.